The zero-order valence-electron chi connectivity index (χ0n) is 16.7. The van der Waals surface area contributed by atoms with Gasteiger partial charge in [0.15, 0.2) is 11.5 Å². The normalized spacial score (nSPS) is 18.7. The molecule has 5 heterocycles. The van der Waals surface area contributed by atoms with E-state index in [-0.39, 0.29) is 5.56 Å². The van der Waals surface area contributed by atoms with Gasteiger partial charge in [-0.3, -0.25) is 4.79 Å². The van der Waals surface area contributed by atoms with Crippen molar-refractivity contribution in [2.24, 2.45) is 0 Å². The Morgan fingerprint density at radius 3 is 2.55 bits per heavy atom. The molecule has 2 aliphatic rings. The number of pyridine rings is 1. The lowest BCUT2D eigenvalue weighted by Gasteiger charge is -2.31. The van der Waals surface area contributed by atoms with E-state index >= 15 is 0 Å². The predicted molar refractivity (Wildman–Crippen MR) is 111 cm³/mol. The molecule has 5 rings (SSSR count). The average Bonchev–Trinajstić information content (AvgIpc) is 3.43. The highest BCUT2D eigenvalue weighted by molar-refractivity contribution is 5.46. The SMILES string of the molecule is O=c1ccccn1CCN1CCC(c2nnc3ccc(N4CCCC4)nn23)CC1. The Kier molecular flexibility index (Phi) is 5.01. The van der Waals surface area contributed by atoms with Crippen LogP contribution in [-0.2, 0) is 6.54 Å². The van der Waals surface area contributed by atoms with Crippen LogP contribution in [0.1, 0.15) is 37.4 Å². The van der Waals surface area contributed by atoms with Gasteiger partial charge in [0.2, 0.25) is 0 Å². The van der Waals surface area contributed by atoms with Crippen LogP contribution < -0.4 is 10.5 Å². The van der Waals surface area contributed by atoms with E-state index in [9.17, 15) is 4.79 Å². The molecular weight excluding hydrogens is 366 g/mol. The smallest absolute Gasteiger partial charge is 0.250 e. The van der Waals surface area contributed by atoms with Crippen LogP contribution in [0.25, 0.3) is 5.65 Å². The van der Waals surface area contributed by atoms with Crippen molar-refractivity contribution >= 4 is 11.5 Å². The van der Waals surface area contributed by atoms with Crippen molar-refractivity contribution in [1.29, 1.82) is 0 Å². The Balaban J connectivity index is 1.24. The molecule has 8 nitrogen and oxygen atoms in total. The van der Waals surface area contributed by atoms with E-state index in [0.717, 1.165) is 69.4 Å². The van der Waals surface area contributed by atoms with Crippen LogP contribution in [0.5, 0.6) is 0 Å². The highest BCUT2D eigenvalue weighted by Gasteiger charge is 2.25. The highest BCUT2D eigenvalue weighted by atomic mass is 16.1. The first-order chi connectivity index (χ1) is 14.3. The number of nitrogens with zero attached hydrogens (tertiary/aromatic N) is 7. The molecule has 2 fully saturated rings. The van der Waals surface area contributed by atoms with Crippen LogP contribution in [0.2, 0.25) is 0 Å². The van der Waals surface area contributed by atoms with Gasteiger partial charge >= 0.3 is 0 Å². The third-order valence-corrected chi connectivity index (χ3v) is 6.21. The van der Waals surface area contributed by atoms with Crippen LogP contribution in [0.15, 0.2) is 41.3 Å². The second kappa shape index (κ2) is 7.94. The molecule has 29 heavy (non-hydrogen) atoms. The summed E-state index contributed by atoms with van der Waals surface area (Å²) >= 11 is 0. The summed E-state index contributed by atoms with van der Waals surface area (Å²) in [7, 11) is 0. The number of anilines is 1. The van der Waals surface area contributed by atoms with Crippen molar-refractivity contribution in [3.05, 3.63) is 52.7 Å². The molecule has 2 aliphatic heterocycles. The molecule has 3 aromatic rings. The van der Waals surface area contributed by atoms with Gasteiger partial charge < -0.3 is 14.4 Å². The Labute approximate surface area is 169 Å². The fourth-order valence-electron chi connectivity index (χ4n) is 4.47. The molecule has 0 unspecified atom stereocenters. The lowest BCUT2D eigenvalue weighted by Crippen LogP contribution is -2.37. The Hall–Kier alpha value is -2.74. The summed E-state index contributed by atoms with van der Waals surface area (Å²) in [6.45, 7) is 5.81. The van der Waals surface area contributed by atoms with Crippen LogP contribution in [0.3, 0.4) is 0 Å². The minimum Gasteiger partial charge on any atom is -0.355 e. The Morgan fingerprint density at radius 1 is 0.931 bits per heavy atom. The molecule has 0 spiro atoms. The van der Waals surface area contributed by atoms with Crippen LogP contribution >= 0.6 is 0 Å². The van der Waals surface area contributed by atoms with E-state index in [4.69, 9.17) is 5.10 Å². The van der Waals surface area contributed by atoms with Gasteiger partial charge in [-0.25, -0.2) is 0 Å². The summed E-state index contributed by atoms with van der Waals surface area (Å²) in [4.78, 5) is 16.6. The quantitative estimate of drug-likeness (QED) is 0.658. The summed E-state index contributed by atoms with van der Waals surface area (Å²) < 4.78 is 3.74. The van der Waals surface area contributed by atoms with Crippen molar-refractivity contribution in [2.75, 3.05) is 37.6 Å². The number of aromatic nitrogens is 5. The zero-order chi connectivity index (χ0) is 19.6. The number of hydrogen-bond acceptors (Lipinski definition) is 6. The number of fused-ring (bicyclic) bond motifs is 1. The standard InChI is InChI=1S/C21H27N7O/c29-20-5-1-2-12-27(20)16-15-25-13-8-17(9-14-25)21-23-22-18-6-7-19(24-28(18)21)26-10-3-4-11-26/h1-2,5-7,12,17H,3-4,8-11,13-16H2. The maximum absolute atomic E-state index is 11.9. The summed E-state index contributed by atoms with van der Waals surface area (Å²) in [5.41, 5.74) is 0.894. The van der Waals surface area contributed by atoms with E-state index in [2.05, 4.69) is 26.1 Å². The van der Waals surface area contributed by atoms with Crippen LogP contribution in [0.4, 0.5) is 5.82 Å². The first-order valence-electron chi connectivity index (χ1n) is 10.6. The molecule has 0 radical (unpaired) electrons. The van der Waals surface area contributed by atoms with E-state index < -0.39 is 0 Å². The summed E-state index contributed by atoms with van der Waals surface area (Å²) in [6, 6.07) is 9.41. The largest absolute Gasteiger partial charge is 0.355 e. The van der Waals surface area contributed by atoms with Gasteiger partial charge in [0.25, 0.3) is 5.56 Å². The summed E-state index contributed by atoms with van der Waals surface area (Å²) in [5, 5.41) is 13.7. The maximum Gasteiger partial charge on any atom is 0.250 e. The van der Waals surface area contributed by atoms with Crippen molar-refractivity contribution in [1.82, 2.24) is 29.3 Å². The minimum absolute atomic E-state index is 0.0668. The van der Waals surface area contributed by atoms with Crippen molar-refractivity contribution in [2.45, 2.75) is 38.1 Å². The number of hydrogen-bond donors (Lipinski definition) is 0. The molecule has 0 N–H and O–H groups in total. The van der Waals surface area contributed by atoms with Gasteiger partial charge in [0, 0.05) is 44.4 Å². The van der Waals surface area contributed by atoms with Crippen molar-refractivity contribution < 1.29 is 0 Å². The van der Waals surface area contributed by atoms with Gasteiger partial charge in [-0.15, -0.1) is 15.3 Å². The van der Waals surface area contributed by atoms with E-state index in [1.165, 1.54) is 12.8 Å². The van der Waals surface area contributed by atoms with Gasteiger partial charge in [-0.2, -0.15) is 4.52 Å². The molecule has 3 aromatic heterocycles. The topological polar surface area (TPSA) is 71.6 Å². The van der Waals surface area contributed by atoms with Gasteiger partial charge in [-0.1, -0.05) is 6.07 Å². The first kappa shape index (κ1) is 18.3. The molecule has 0 atom stereocenters. The first-order valence-corrected chi connectivity index (χ1v) is 10.6. The second-order valence-electron chi connectivity index (χ2n) is 8.06. The molecule has 152 valence electrons. The van der Waals surface area contributed by atoms with E-state index in [1.807, 2.05) is 22.8 Å². The lowest BCUT2D eigenvalue weighted by molar-refractivity contribution is 0.201. The van der Waals surface area contributed by atoms with Crippen LogP contribution in [-0.4, -0.2) is 62.0 Å². The zero-order valence-corrected chi connectivity index (χ0v) is 16.7. The molecule has 0 aliphatic carbocycles. The Morgan fingerprint density at radius 2 is 1.76 bits per heavy atom. The van der Waals surface area contributed by atoms with E-state index in [0.29, 0.717) is 5.92 Å². The highest BCUT2D eigenvalue weighted by Crippen LogP contribution is 2.27. The lowest BCUT2D eigenvalue weighted by atomic mass is 9.96. The van der Waals surface area contributed by atoms with E-state index in [1.54, 1.807) is 16.7 Å². The van der Waals surface area contributed by atoms with Gasteiger partial charge in [0.05, 0.1) is 0 Å². The van der Waals surface area contributed by atoms with Gasteiger partial charge in [0.1, 0.15) is 5.82 Å². The fourth-order valence-corrected chi connectivity index (χ4v) is 4.47. The maximum atomic E-state index is 11.9. The molecule has 8 heteroatoms. The molecule has 0 aromatic carbocycles. The number of piperidine rings is 1. The monoisotopic (exact) mass is 393 g/mol. The minimum atomic E-state index is 0.0668. The van der Waals surface area contributed by atoms with Gasteiger partial charge in [-0.05, 0) is 57.0 Å². The Bertz CT molecular complexity index is 1030. The summed E-state index contributed by atoms with van der Waals surface area (Å²) in [5.74, 6) is 2.39. The van der Waals surface area contributed by atoms with Crippen molar-refractivity contribution in [3.8, 4) is 0 Å². The third-order valence-electron chi connectivity index (χ3n) is 6.21. The van der Waals surface area contributed by atoms with Crippen molar-refractivity contribution in [3.63, 3.8) is 0 Å². The molecule has 0 saturated carbocycles. The second-order valence-corrected chi connectivity index (χ2v) is 8.06. The molecule has 0 amide bonds. The molecular formula is C21H27N7O. The third kappa shape index (κ3) is 3.76. The number of rotatable bonds is 5. The molecule has 0 bridgehead atoms. The molecule has 2 saturated heterocycles. The van der Waals surface area contributed by atoms with Crippen LogP contribution in [0, 0.1) is 0 Å². The number of likely N-dealkylation sites (tertiary alicyclic amines) is 1. The average molecular weight is 393 g/mol. The fraction of sp³-hybridized carbons (Fsp3) is 0.524. The predicted octanol–water partition coefficient (Wildman–Crippen LogP) is 1.77. The summed E-state index contributed by atoms with van der Waals surface area (Å²) in [6.07, 6.45) is 6.42.